The Kier molecular flexibility index (Phi) is 2.59. The first kappa shape index (κ1) is 11.3. The fourth-order valence-electron chi connectivity index (χ4n) is 1.98. The van der Waals surface area contributed by atoms with Crippen molar-refractivity contribution in [2.24, 2.45) is 7.05 Å². The Hall–Kier alpha value is -1.81. The lowest BCUT2D eigenvalue weighted by atomic mass is 10.1. The molecule has 4 heteroatoms. The Labute approximate surface area is 112 Å². The van der Waals surface area contributed by atoms with E-state index >= 15 is 0 Å². The predicted octanol–water partition coefficient (Wildman–Crippen LogP) is 3.56. The molecule has 0 radical (unpaired) electrons. The molecule has 0 amide bonds. The lowest BCUT2D eigenvalue weighted by Gasteiger charge is -2.03. The standard InChI is InChI=1S/C14H10BrNO2/c1-16-12-8-10(9-5-3-2-4-6-9)7-11(15)13(12)18-14(16)17/h2-8H,1H3. The number of oxazole rings is 1. The molecule has 0 aliphatic rings. The number of hydrogen-bond donors (Lipinski definition) is 0. The summed E-state index contributed by atoms with van der Waals surface area (Å²) < 4.78 is 7.48. The minimum atomic E-state index is -0.351. The highest BCUT2D eigenvalue weighted by Crippen LogP contribution is 2.30. The van der Waals surface area contributed by atoms with E-state index in [2.05, 4.69) is 15.9 Å². The van der Waals surface area contributed by atoms with E-state index in [4.69, 9.17) is 4.42 Å². The first-order valence-electron chi connectivity index (χ1n) is 5.51. The molecular weight excluding hydrogens is 294 g/mol. The number of aryl methyl sites for hydroxylation is 1. The minimum absolute atomic E-state index is 0.351. The number of fused-ring (bicyclic) bond motifs is 1. The molecule has 18 heavy (non-hydrogen) atoms. The van der Waals surface area contributed by atoms with Gasteiger partial charge in [0.1, 0.15) is 0 Å². The molecule has 0 aliphatic carbocycles. The van der Waals surface area contributed by atoms with Crippen LogP contribution in [0.1, 0.15) is 0 Å². The van der Waals surface area contributed by atoms with Gasteiger partial charge < -0.3 is 4.42 Å². The third-order valence-corrected chi connectivity index (χ3v) is 3.54. The zero-order valence-corrected chi connectivity index (χ0v) is 11.3. The van der Waals surface area contributed by atoms with Crippen LogP contribution in [0.25, 0.3) is 22.2 Å². The van der Waals surface area contributed by atoms with Crippen molar-refractivity contribution in [1.82, 2.24) is 4.57 Å². The topological polar surface area (TPSA) is 35.1 Å². The normalized spacial score (nSPS) is 11.0. The van der Waals surface area contributed by atoms with Gasteiger partial charge in [0.2, 0.25) is 0 Å². The minimum Gasteiger partial charge on any atom is -0.406 e. The summed E-state index contributed by atoms with van der Waals surface area (Å²) in [6.07, 6.45) is 0. The molecule has 0 atom stereocenters. The van der Waals surface area contributed by atoms with Crippen molar-refractivity contribution in [3.8, 4) is 11.1 Å². The highest BCUT2D eigenvalue weighted by atomic mass is 79.9. The molecule has 90 valence electrons. The Bertz CT molecular complexity index is 772. The number of hydrogen-bond acceptors (Lipinski definition) is 2. The molecule has 0 fully saturated rings. The summed E-state index contributed by atoms with van der Waals surface area (Å²) in [4.78, 5) is 11.5. The van der Waals surface area contributed by atoms with Crippen LogP contribution < -0.4 is 5.76 Å². The van der Waals surface area contributed by atoms with Crippen molar-refractivity contribution in [3.05, 3.63) is 57.5 Å². The van der Waals surface area contributed by atoms with Gasteiger partial charge in [0, 0.05) is 7.05 Å². The Morgan fingerprint density at radius 2 is 1.83 bits per heavy atom. The molecule has 3 nitrogen and oxygen atoms in total. The van der Waals surface area contributed by atoms with Gasteiger partial charge in [0.25, 0.3) is 0 Å². The van der Waals surface area contributed by atoms with E-state index in [9.17, 15) is 4.79 Å². The summed E-state index contributed by atoms with van der Waals surface area (Å²) in [6.45, 7) is 0. The van der Waals surface area contributed by atoms with E-state index < -0.39 is 0 Å². The highest BCUT2D eigenvalue weighted by Gasteiger charge is 2.11. The van der Waals surface area contributed by atoms with Crippen LogP contribution in [0.15, 0.2) is 56.1 Å². The summed E-state index contributed by atoms with van der Waals surface area (Å²) in [7, 11) is 1.70. The van der Waals surface area contributed by atoms with Gasteiger partial charge in [-0.3, -0.25) is 4.57 Å². The molecule has 3 aromatic rings. The van der Waals surface area contributed by atoms with E-state index in [1.807, 2.05) is 42.5 Å². The van der Waals surface area contributed by atoms with Crippen molar-refractivity contribution in [2.45, 2.75) is 0 Å². The largest absolute Gasteiger partial charge is 0.419 e. The smallest absolute Gasteiger partial charge is 0.406 e. The van der Waals surface area contributed by atoms with E-state index in [1.54, 1.807) is 7.05 Å². The van der Waals surface area contributed by atoms with Gasteiger partial charge in [-0.15, -0.1) is 0 Å². The predicted molar refractivity (Wildman–Crippen MR) is 74.6 cm³/mol. The molecule has 0 N–H and O–H groups in total. The van der Waals surface area contributed by atoms with E-state index in [-0.39, 0.29) is 5.76 Å². The van der Waals surface area contributed by atoms with Crippen LogP contribution in [0, 0.1) is 0 Å². The molecule has 1 aromatic heterocycles. The second kappa shape index (κ2) is 4.14. The van der Waals surface area contributed by atoms with Crippen LogP contribution in [-0.2, 0) is 7.05 Å². The van der Waals surface area contributed by atoms with Crippen LogP contribution >= 0.6 is 15.9 Å². The summed E-state index contributed by atoms with van der Waals surface area (Å²) in [5, 5.41) is 0. The van der Waals surface area contributed by atoms with Gasteiger partial charge in [-0.1, -0.05) is 30.3 Å². The van der Waals surface area contributed by atoms with Crippen LogP contribution in [0.2, 0.25) is 0 Å². The first-order chi connectivity index (χ1) is 8.66. The maximum absolute atomic E-state index is 11.5. The van der Waals surface area contributed by atoms with Gasteiger partial charge in [-0.2, -0.15) is 0 Å². The van der Waals surface area contributed by atoms with Gasteiger partial charge in [-0.25, -0.2) is 4.79 Å². The van der Waals surface area contributed by atoms with Gasteiger partial charge in [-0.05, 0) is 39.2 Å². The quantitative estimate of drug-likeness (QED) is 0.689. The summed E-state index contributed by atoms with van der Waals surface area (Å²) >= 11 is 3.45. The highest BCUT2D eigenvalue weighted by molar-refractivity contribution is 9.10. The summed E-state index contributed by atoms with van der Waals surface area (Å²) in [5.74, 6) is -0.351. The molecule has 3 rings (SSSR count). The van der Waals surface area contributed by atoms with Crippen LogP contribution in [0.4, 0.5) is 0 Å². The third-order valence-electron chi connectivity index (χ3n) is 2.96. The molecule has 0 aliphatic heterocycles. The van der Waals surface area contributed by atoms with Crippen LogP contribution in [0.5, 0.6) is 0 Å². The van der Waals surface area contributed by atoms with Crippen molar-refractivity contribution >= 4 is 27.0 Å². The average molecular weight is 304 g/mol. The molecule has 0 unspecified atom stereocenters. The summed E-state index contributed by atoms with van der Waals surface area (Å²) in [6, 6.07) is 13.9. The zero-order chi connectivity index (χ0) is 12.7. The van der Waals surface area contributed by atoms with Crippen LogP contribution in [0.3, 0.4) is 0 Å². The number of aromatic nitrogens is 1. The van der Waals surface area contributed by atoms with Crippen LogP contribution in [-0.4, -0.2) is 4.57 Å². The van der Waals surface area contributed by atoms with Crippen molar-refractivity contribution < 1.29 is 4.42 Å². The Morgan fingerprint density at radius 3 is 2.56 bits per heavy atom. The molecule has 0 bridgehead atoms. The fraction of sp³-hybridized carbons (Fsp3) is 0.0714. The monoisotopic (exact) mass is 303 g/mol. The molecular formula is C14H10BrNO2. The van der Waals surface area contributed by atoms with E-state index in [0.29, 0.717) is 5.58 Å². The number of halogens is 1. The maximum Gasteiger partial charge on any atom is 0.419 e. The van der Waals surface area contributed by atoms with E-state index in [1.165, 1.54) is 4.57 Å². The molecule has 2 aromatic carbocycles. The molecule has 0 saturated carbocycles. The van der Waals surface area contributed by atoms with Crippen molar-refractivity contribution in [2.75, 3.05) is 0 Å². The molecule has 0 saturated heterocycles. The van der Waals surface area contributed by atoms with Crippen molar-refractivity contribution in [3.63, 3.8) is 0 Å². The second-order valence-electron chi connectivity index (χ2n) is 4.10. The third kappa shape index (κ3) is 1.69. The van der Waals surface area contributed by atoms with E-state index in [0.717, 1.165) is 21.1 Å². The molecule has 1 heterocycles. The lowest BCUT2D eigenvalue weighted by molar-refractivity contribution is 0.527. The Morgan fingerprint density at radius 1 is 1.11 bits per heavy atom. The SMILES string of the molecule is Cn1c(=O)oc2c(Br)cc(-c3ccccc3)cc21. The average Bonchev–Trinajstić information content (AvgIpc) is 2.68. The zero-order valence-electron chi connectivity index (χ0n) is 9.68. The van der Waals surface area contributed by atoms with Gasteiger partial charge >= 0.3 is 5.76 Å². The van der Waals surface area contributed by atoms with Gasteiger partial charge in [0.15, 0.2) is 5.58 Å². The van der Waals surface area contributed by atoms with Crippen molar-refractivity contribution in [1.29, 1.82) is 0 Å². The fourth-order valence-corrected chi connectivity index (χ4v) is 2.51. The number of rotatable bonds is 1. The Balaban J connectivity index is 2.34. The summed E-state index contributed by atoms with van der Waals surface area (Å²) in [5.41, 5.74) is 3.52. The second-order valence-corrected chi connectivity index (χ2v) is 4.95. The lowest BCUT2D eigenvalue weighted by Crippen LogP contribution is -2.08. The van der Waals surface area contributed by atoms with Gasteiger partial charge in [0.05, 0.1) is 9.99 Å². The number of nitrogens with zero attached hydrogens (tertiary/aromatic N) is 1. The first-order valence-corrected chi connectivity index (χ1v) is 6.30. The number of benzene rings is 2. The maximum atomic E-state index is 11.5. The molecule has 0 spiro atoms.